The number of hydrogen-bond acceptors (Lipinski definition) is 4. The second kappa shape index (κ2) is 7.28. The first-order chi connectivity index (χ1) is 14.0. The Hall–Kier alpha value is -3.86. The molecule has 29 heavy (non-hydrogen) atoms. The summed E-state index contributed by atoms with van der Waals surface area (Å²) < 4.78 is 6.53. The van der Waals surface area contributed by atoms with E-state index < -0.39 is 5.97 Å². The van der Waals surface area contributed by atoms with Crippen molar-refractivity contribution in [2.45, 2.75) is 6.92 Å². The van der Waals surface area contributed by atoms with Crippen LogP contribution < -0.4 is 0 Å². The van der Waals surface area contributed by atoms with Gasteiger partial charge in [-0.2, -0.15) is 0 Å². The van der Waals surface area contributed by atoms with Gasteiger partial charge >= 0.3 is 5.97 Å². The number of benzene rings is 2. The van der Waals surface area contributed by atoms with E-state index in [9.17, 15) is 14.7 Å². The van der Waals surface area contributed by atoms with Crippen molar-refractivity contribution >= 4 is 29.5 Å². The minimum atomic E-state index is -0.577. The van der Waals surface area contributed by atoms with Crippen molar-refractivity contribution in [2.24, 2.45) is 0 Å². The molecule has 1 N–H and O–H groups in total. The Morgan fingerprint density at radius 3 is 2.45 bits per heavy atom. The molecule has 0 saturated heterocycles. The lowest BCUT2D eigenvalue weighted by atomic mass is 9.90. The van der Waals surface area contributed by atoms with E-state index in [2.05, 4.69) is 0 Å². The monoisotopic (exact) mass is 385 g/mol. The molecule has 3 aromatic rings. The molecular formula is C24H19NO4. The van der Waals surface area contributed by atoms with E-state index in [-0.39, 0.29) is 22.8 Å². The molecule has 144 valence electrons. The first-order valence-corrected chi connectivity index (χ1v) is 9.14. The number of carbonyl (C=O) groups is 2. The van der Waals surface area contributed by atoms with Gasteiger partial charge in [0.25, 0.3) is 0 Å². The summed E-state index contributed by atoms with van der Waals surface area (Å²) in [5.41, 5.74) is 3.77. The number of esters is 1. The van der Waals surface area contributed by atoms with Crippen molar-refractivity contribution in [1.82, 2.24) is 4.57 Å². The van der Waals surface area contributed by atoms with Crippen LogP contribution in [0.25, 0.3) is 23.4 Å². The second-order valence-electron chi connectivity index (χ2n) is 6.70. The Morgan fingerprint density at radius 1 is 1.03 bits per heavy atom. The lowest BCUT2D eigenvalue weighted by molar-refractivity contribution is -0.109. The van der Waals surface area contributed by atoms with Crippen LogP contribution in [-0.2, 0) is 9.53 Å². The number of aromatic hydroxyl groups is 1. The first kappa shape index (κ1) is 18.5. The number of rotatable bonds is 3. The van der Waals surface area contributed by atoms with Gasteiger partial charge in [-0.25, -0.2) is 4.79 Å². The van der Waals surface area contributed by atoms with Crippen LogP contribution in [0.1, 0.15) is 32.7 Å². The predicted octanol–water partition coefficient (Wildman–Crippen LogP) is 4.41. The molecule has 5 heteroatoms. The molecule has 1 aromatic heterocycles. The van der Waals surface area contributed by atoms with Crippen molar-refractivity contribution < 1.29 is 19.4 Å². The van der Waals surface area contributed by atoms with E-state index >= 15 is 0 Å². The van der Waals surface area contributed by atoms with Gasteiger partial charge in [-0.15, -0.1) is 0 Å². The third-order valence-corrected chi connectivity index (χ3v) is 5.04. The number of hydrogen-bond donors (Lipinski definition) is 1. The zero-order chi connectivity index (χ0) is 20.5. The SMILES string of the molecule is COC(=O)c1c(C=C2C(=O)C=Cc3ccccc32)c(O)n(-c2ccccc2)c1C. The molecule has 1 aliphatic carbocycles. The number of nitrogens with zero attached hydrogens (tertiary/aromatic N) is 1. The zero-order valence-corrected chi connectivity index (χ0v) is 16.0. The van der Waals surface area contributed by atoms with Crippen molar-refractivity contribution in [2.75, 3.05) is 7.11 Å². The Morgan fingerprint density at radius 2 is 1.72 bits per heavy atom. The molecule has 0 atom stereocenters. The van der Waals surface area contributed by atoms with Crippen molar-refractivity contribution in [3.8, 4) is 11.6 Å². The lowest BCUT2D eigenvalue weighted by Crippen LogP contribution is -2.07. The second-order valence-corrected chi connectivity index (χ2v) is 6.70. The van der Waals surface area contributed by atoms with Gasteiger partial charge in [0.05, 0.1) is 18.2 Å². The highest BCUT2D eigenvalue weighted by atomic mass is 16.5. The average molecular weight is 385 g/mol. The highest BCUT2D eigenvalue weighted by Gasteiger charge is 2.27. The Labute approximate surface area is 168 Å². The number of ketones is 1. The fraction of sp³-hybridized carbons (Fsp3) is 0.0833. The van der Waals surface area contributed by atoms with E-state index in [0.717, 1.165) is 11.1 Å². The van der Waals surface area contributed by atoms with E-state index in [1.807, 2.05) is 54.6 Å². The summed E-state index contributed by atoms with van der Waals surface area (Å²) in [6, 6.07) is 16.7. The molecule has 5 nitrogen and oxygen atoms in total. The van der Waals surface area contributed by atoms with Crippen LogP contribution in [0, 0.1) is 6.92 Å². The smallest absolute Gasteiger partial charge is 0.340 e. The summed E-state index contributed by atoms with van der Waals surface area (Å²) in [7, 11) is 1.29. The summed E-state index contributed by atoms with van der Waals surface area (Å²) in [5, 5.41) is 11.0. The number of aromatic nitrogens is 1. The van der Waals surface area contributed by atoms with Crippen LogP contribution in [0.15, 0.2) is 60.7 Å². The normalized spacial score (nSPS) is 14.1. The molecule has 1 heterocycles. The van der Waals surface area contributed by atoms with E-state index in [1.54, 1.807) is 23.6 Å². The third kappa shape index (κ3) is 3.06. The average Bonchev–Trinajstić information content (AvgIpc) is 2.99. The summed E-state index contributed by atoms with van der Waals surface area (Å²) in [4.78, 5) is 25.2. The van der Waals surface area contributed by atoms with Gasteiger partial charge in [0.2, 0.25) is 5.88 Å². The molecule has 0 saturated carbocycles. The Kier molecular flexibility index (Phi) is 4.64. The molecule has 4 rings (SSSR count). The number of allylic oxidation sites excluding steroid dienone is 2. The summed E-state index contributed by atoms with van der Waals surface area (Å²) >= 11 is 0. The highest BCUT2D eigenvalue weighted by Crippen LogP contribution is 2.37. The Bertz CT molecular complexity index is 1180. The van der Waals surface area contributed by atoms with Gasteiger partial charge in [-0.05, 0) is 42.3 Å². The third-order valence-electron chi connectivity index (χ3n) is 5.04. The van der Waals surface area contributed by atoms with E-state index in [1.165, 1.54) is 13.2 Å². The molecule has 0 bridgehead atoms. The number of carbonyl (C=O) groups excluding carboxylic acids is 2. The number of para-hydroxylation sites is 1. The standard InChI is InChI=1S/C24H19NO4/c1-15-22(24(28)29-2)20(23(27)25(15)17-9-4-3-5-10-17)14-19-18-11-7-6-8-16(18)12-13-21(19)26/h3-14,27H,1-2H3. The molecule has 0 unspecified atom stereocenters. The zero-order valence-electron chi connectivity index (χ0n) is 16.0. The van der Waals surface area contributed by atoms with Crippen LogP contribution in [-0.4, -0.2) is 28.5 Å². The maximum absolute atomic E-state index is 12.6. The molecular weight excluding hydrogens is 366 g/mol. The predicted molar refractivity (Wildman–Crippen MR) is 112 cm³/mol. The quantitative estimate of drug-likeness (QED) is 0.535. The van der Waals surface area contributed by atoms with Crippen molar-refractivity contribution in [1.29, 1.82) is 0 Å². The molecule has 0 spiro atoms. The molecule has 0 radical (unpaired) electrons. The van der Waals surface area contributed by atoms with Gasteiger partial charge in [0.15, 0.2) is 5.78 Å². The molecule has 0 amide bonds. The summed E-state index contributed by atoms with van der Waals surface area (Å²) in [6.07, 6.45) is 4.82. The van der Waals surface area contributed by atoms with Gasteiger partial charge in [0.1, 0.15) is 0 Å². The van der Waals surface area contributed by atoms with E-state index in [0.29, 0.717) is 17.0 Å². The van der Waals surface area contributed by atoms with Crippen molar-refractivity contribution in [3.05, 3.63) is 88.6 Å². The van der Waals surface area contributed by atoms with Crippen LogP contribution in [0.2, 0.25) is 0 Å². The largest absolute Gasteiger partial charge is 0.494 e. The van der Waals surface area contributed by atoms with Gasteiger partial charge in [-0.1, -0.05) is 48.5 Å². The maximum atomic E-state index is 12.6. The minimum Gasteiger partial charge on any atom is -0.494 e. The lowest BCUT2D eigenvalue weighted by Gasteiger charge is -2.13. The molecule has 0 fully saturated rings. The minimum absolute atomic E-state index is 0.124. The van der Waals surface area contributed by atoms with Crippen molar-refractivity contribution in [3.63, 3.8) is 0 Å². The summed E-state index contributed by atoms with van der Waals surface area (Å²) in [6.45, 7) is 1.73. The van der Waals surface area contributed by atoms with Gasteiger partial charge in [0, 0.05) is 17.0 Å². The molecule has 1 aliphatic rings. The Balaban J connectivity index is 1.99. The van der Waals surface area contributed by atoms with E-state index in [4.69, 9.17) is 4.74 Å². The molecule has 0 aliphatic heterocycles. The van der Waals surface area contributed by atoms with Crippen LogP contribution in [0.4, 0.5) is 0 Å². The first-order valence-electron chi connectivity index (χ1n) is 9.14. The molecule has 2 aromatic carbocycles. The fourth-order valence-electron chi connectivity index (χ4n) is 3.66. The number of fused-ring (bicyclic) bond motifs is 1. The van der Waals surface area contributed by atoms with Crippen LogP contribution in [0.5, 0.6) is 5.88 Å². The topological polar surface area (TPSA) is 68.5 Å². The maximum Gasteiger partial charge on any atom is 0.340 e. The fourth-order valence-corrected chi connectivity index (χ4v) is 3.66. The van der Waals surface area contributed by atoms with Gasteiger partial charge in [-0.3, -0.25) is 9.36 Å². The van der Waals surface area contributed by atoms with Gasteiger partial charge < -0.3 is 9.84 Å². The summed E-state index contributed by atoms with van der Waals surface area (Å²) in [5.74, 6) is -0.892. The highest BCUT2D eigenvalue weighted by molar-refractivity contribution is 6.33. The van der Waals surface area contributed by atoms with Crippen LogP contribution >= 0.6 is 0 Å². The number of methoxy groups -OCH3 is 1. The number of ether oxygens (including phenoxy) is 1. The van der Waals surface area contributed by atoms with Crippen LogP contribution in [0.3, 0.4) is 0 Å².